The molecule has 0 bridgehead atoms. The minimum Gasteiger partial charge on any atom is -0.397 e. The van der Waals surface area contributed by atoms with Crippen LogP contribution in [0.25, 0.3) is 20.7 Å². The molecular weight excluding hydrogens is 440 g/mol. The predicted molar refractivity (Wildman–Crippen MR) is 132 cm³/mol. The monoisotopic (exact) mass is 462 g/mol. The smallest absolute Gasteiger partial charge is 0.268 e. The van der Waals surface area contributed by atoms with Crippen LogP contribution in [0.2, 0.25) is 0 Å². The van der Waals surface area contributed by atoms with Gasteiger partial charge >= 0.3 is 0 Å². The number of benzene rings is 1. The lowest BCUT2D eigenvalue weighted by Gasteiger charge is -2.16. The van der Waals surface area contributed by atoms with Crippen molar-refractivity contribution in [2.45, 2.75) is 32.6 Å². The Balaban J connectivity index is 1.54. The van der Waals surface area contributed by atoms with Crippen LogP contribution in [0.3, 0.4) is 0 Å². The van der Waals surface area contributed by atoms with Crippen LogP contribution < -0.4 is 16.8 Å². The fourth-order valence-corrected chi connectivity index (χ4v) is 6.57. The quantitative estimate of drug-likeness (QED) is 0.387. The summed E-state index contributed by atoms with van der Waals surface area (Å²) in [5.74, 6) is -0.885. The Morgan fingerprint density at radius 3 is 2.72 bits per heavy atom. The molecule has 0 saturated carbocycles. The molecular formula is C24H22N4O2S2. The minimum atomic E-state index is -0.535. The van der Waals surface area contributed by atoms with Crippen LogP contribution in [-0.4, -0.2) is 16.8 Å². The Kier molecular flexibility index (Phi) is 5.19. The van der Waals surface area contributed by atoms with Crippen molar-refractivity contribution < 1.29 is 9.59 Å². The molecule has 0 fully saturated rings. The van der Waals surface area contributed by atoms with Gasteiger partial charge in [0.1, 0.15) is 14.7 Å². The van der Waals surface area contributed by atoms with Gasteiger partial charge in [-0.15, -0.1) is 22.7 Å². The van der Waals surface area contributed by atoms with Gasteiger partial charge in [0.15, 0.2) is 0 Å². The van der Waals surface area contributed by atoms with Gasteiger partial charge in [0.2, 0.25) is 0 Å². The number of rotatable bonds is 5. The van der Waals surface area contributed by atoms with E-state index in [1.807, 2.05) is 30.3 Å². The molecule has 0 atom stereocenters. The lowest BCUT2D eigenvalue weighted by atomic mass is 9.89. The Hall–Kier alpha value is -3.23. The number of hydrogen-bond acceptors (Lipinski definition) is 6. The molecule has 6 nitrogen and oxygen atoms in total. The number of aromatic nitrogens is 1. The zero-order valence-electron chi connectivity index (χ0n) is 17.5. The highest BCUT2D eigenvalue weighted by atomic mass is 32.1. The fraction of sp³-hybridized carbons (Fsp3) is 0.208. The van der Waals surface area contributed by atoms with Crippen LogP contribution in [0.1, 0.15) is 50.2 Å². The SMILES string of the molecule is CCCc1ccc2c(N)c(C(=O)Nc3sc4c(c3C(N)=O)CCc3ccccc3-4)sc2n1. The van der Waals surface area contributed by atoms with Gasteiger partial charge in [-0.2, -0.15) is 0 Å². The molecule has 162 valence electrons. The number of amides is 2. The molecule has 8 heteroatoms. The zero-order chi connectivity index (χ0) is 22.4. The molecule has 0 saturated heterocycles. The van der Waals surface area contributed by atoms with E-state index in [4.69, 9.17) is 11.5 Å². The third-order valence-electron chi connectivity index (χ3n) is 5.75. The van der Waals surface area contributed by atoms with Crippen molar-refractivity contribution in [1.82, 2.24) is 4.98 Å². The maximum atomic E-state index is 13.2. The Labute approximate surface area is 193 Å². The normalized spacial score (nSPS) is 12.4. The van der Waals surface area contributed by atoms with E-state index < -0.39 is 5.91 Å². The molecule has 3 heterocycles. The molecule has 0 spiro atoms. The van der Waals surface area contributed by atoms with Crippen molar-refractivity contribution in [3.63, 3.8) is 0 Å². The fourth-order valence-electron chi connectivity index (χ4n) is 4.25. The van der Waals surface area contributed by atoms with Crippen molar-refractivity contribution in [2.24, 2.45) is 5.73 Å². The number of hydrogen-bond donors (Lipinski definition) is 3. The van der Waals surface area contributed by atoms with E-state index in [1.54, 1.807) is 0 Å². The van der Waals surface area contributed by atoms with Crippen molar-refractivity contribution >= 4 is 55.4 Å². The van der Waals surface area contributed by atoms with Crippen molar-refractivity contribution in [2.75, 3.05) is 11.1 Å². The summed E-state index contributed by atoms with van der Waals surface area (Å²) in [4.78, 5) is 32.3. The number of nitrogens with one attached hydrogen (secondary N) is 1. The number of anilines is 2. The molecule has 1 aliphatic rings. The number of aryl methyl sites for hydroxylation is 2. The van der Waals surface area contributed by atoms with Gasteiger partial charge in [-0.25, -0.2) is 4.98 Å². The molecule has 32 heavy (non-hydrogen) atoms. The number of fused-ring (bicyclic) bond motifs is 4. The Morgan fingerprint density at radius 1 is 1.12 bits per heavy atom. The van der Waals surface area contributed by atoms with Crippen LogP contribution in [0.4, 0.5) is 10.7 Å². The third kappa shape index (κ3) is 3.36. The highest BCUT2D eigenvalue weighted by Crippen LogP contribution is 2.45. The average molecular weight is 463 g/mol. The number of nitrogens with zero attached hydrogens (tertiary/aromatic N) is 1. The van der Waals surface area contributed by atoms with Gasteiger partial charge in [-0.3, -0.25) is 9.59 Å². The molecule has 5 N–H and O–H groups in total. The van der Waals surface area contributed by atoms with Gasteiger partial charge in [0.25, 0.3) is 11.8 Å². The molecule has 0 aliphatic heterocycles. The number of carbonyl (C=O) groups is 2. The summed E-state index contributed by atoms with van der Waals surface area (Å²) in [6.45, 7) is 2.10. The molecule has 5 rings (SSSR count). The van der Waals surface area contributed by atoms with Crippen LogP contribution in [0, 0.1) is 0 Å². The molecule has 3 aromatic heterocycles. The van der Waals surface area contributed by atoms with Gasteiger partial charge < -0.3 is 16.8 Å². The van der Waals surface area contributed by atoms with Crippen molar-refractivity contribution in [3.05, 3.63) is 63.7 Å². The Bertz CT molecular complexity index is 1390. The minimum absolute atomic E-state index is 0.350. The number of thiophene rings is 2. The first-order valence-corrected chi connectivity index (χ1v) is 12.1. The number of primary amides is 1. The number of nitrogen functional groups attached to an aromatic ring is 1. The van der Waals surface area contributed by atoms with E-state index in [2.05, 4.69) is 23.3 Å². The number of nitrogens with two attached hydrogens (primary N) is 2. The molecule has 0 radical (unpaired) electrons. The third-order valence-corrected chi connectivity index (χ3v) is 8.05. The molecule has 0 unspecified atom stereocenters. The molecule has 4 aromatic rings. The summed E-state index contributed by atoms with van der Waals surface area (Å²) < 4.78 is 0. The van der Waals surface area contributed by atoms with E-state index in [0.717, 1.165) is 51.2 Å². The zero-order valence-corrected chi connectivity index (χ0v) is 19.2. The van der Waals surface area contributed by atoms with Crippen molar-refractivity contribution in [1.29, 1.82) is 0 Å². The second-order valence-electron chi connectivity index (χ2n) is 7.84. The first-order valence-electron chi connectivity index (χ1n) is 10.5. The lowest BCUT2D eigenvalue weighted by molar-refractivity contribution is 0.100. The topological polar surface area (TPSA) is 111 Å². The number of carbonyl (C=O) groups excluding carboxylic acids is 2. The first kappa shape index (κ1) is 20.7. The molecule has 1 aromatic carbocycles. The standard InChI is InChI=1S/C24H22N4O2S2/c1-2-5-13-9-11-16-18(25)20(32-23(16)27-13)22(30)28-24-17(21(26)29)15-10-8-12-6-3-4-7-14(12)19(15)31-24/h3-4,6-7,9,11H,2,5,8,10,25H2,1H3,(H2,26,29)(H,28,30). The predicted octanol–water partition coefficient (Wildman–Crippen LogP) is 5.01. The Morgan fingerprint density at radius 2 is 1.94 bits per heavy atom. The summed E-state index contributed by atoms with van der Waals surface area (Å²) in [7, 11) is 0. The largest absolute Gasteiger partial charge is 0.397 e. The average Bonchev–Trinajstić information content (AvgIpc) is 3.31. The van der Waals surface area contributed by atoms with E-state index >= 15 is 0 Å². The molecule has 2 amide bonds. The number of pyridine rings is 1. The summed E-state index contributed by atoms with van der Waals surface area (Å²) >= 11 is 2.66. The summed E-state index contributed by atoms with van der Waals surface area (Å²) in [5, 5.41) is 4.16. The van der Waals surface area contributed by atoms with Crippen LogP contribution in [0.15, 0.2) is 36.4 Å². The maximum absolute atomic E-state index is 13.2. The van der Waals surface area contributed by atoms with Gasteiger partial charge in [0, 0.05) is 16.0 Å². The highest BCUT2D eigenvalue weighted by molar-refractivity contribution is 7.22. The second kappa shape index (κ2) is 8.03. The van der Waals surface area contributed by atoms with Crippen LogP contribution in [0.5, 0.6) is 0 Å². The summed E-state index contributed by atoms with van der Waals surface area (Å²) in [6, 6.07) is 12.0. The van der Waals surface area contributed by atoms with E-state index in [0.29, 0.717) is 27.5 Å². The second-order valence-corrected chi connectivity index (χ2v) is 9.86. The van der Waals surface area contributed by atoms with Gasteiger partial charge in [-0.1, -0.05) is 37.6 Å². The highest BCUT2D eigenvalue weighted by Gasteiger charge is 2.28. The van der Waals surface area contributed by atoms with Crippen molar-refractivity contribution in [3.8, 4) is 10.4 Å². The van der Waals surface area contributed by atoms with Gasteiger partial charge in [0.05, 0.1) is 11.3 Å². The summed E-state index contributed by atoms with van der Waals surface area (Å²) in [5.41, 5.74) is 17.1. The van der Waals surface area contributed by atoms with Crippen LogP contribution in [-0.2, 0) is 19.3 Å². The summed E-state index contributed by atoms with van der Waals surface area (Å²) in [6.07, 6.45) is 3.42. The van der Waals surface area contributed by atoms with E-state index in [9.17, 15) is 9.59 Å². The van der Waals surface area contributed by atoms with E-state index in [1.165, 1.54) is 28.2 Å². The lowest BCUT2D eigenvalue weighted by Crippen LogP contribution is -2.18. The maximum Gasteiger partial charge on any atom is 0.268 e. The van der Waals surface area contributed by atoms with E-state index in [-0.39, 0.29) is 5.91 Å². The molecule has 1 aliphatic carbocycles. The van der Waals surface area contributed by atoms with Crippen LogP contribution >= 0.6 is 22.7 Å². The van der Waals surface area contributed by atoms with Gasteiger partial charge in [-0.05, 0) is 48.1 Å². The first-order chi connectivity index (χ1) is 15.5.